The normalized spacial score (nSPS) is 9.40. The molecule has 0 bridgehead atoms. The second-order valence-corrected chi connectivity index (χ2v) is 3.23. The predicted molar refractivity (Wildman–Crippen MR) is 63.4 cm³/mol. The minimum absolute atomic E-state index is 0.0972. The van der Waals surface area contributed by atoms with Crippen molar-refractivity contribution >= 4 is 23.3 Å². The van der Waals surface area contributed by atoms with Crippen molar-refractivity contribution in [2.75, 3.05) is 7.05 Å². The Hall–Kier alpha value is -1.69. The lowest BCUT2D eigenvalue weighted by Gasteiger charge is -2.22. The van der Waals surface area contributed by atoms with E-state index in [-0.39, 0.29) is 5.96 Å². The number of guanidine groups is 1. The van der Waals surface area contributed by atoms with Crippen molar-refractivity contribution < 1.29 is 0 Å². The molecule has 0 saturated heterocycles. The minimum Gasteiger partial charge on any atom is -0.370 e. The molecule has 0 radical (unpaired) electrons. The van der Waals surface area contributed by atoms with Crippen molar-refractivity contribution in [1.82, 2.24) is 15.2 Å². The number of nitrogens with one attached hydrogen (secondary N) is 2. The first-order chi connectivity index (χ1) is 7.15. The van der Waals surface area contributed by atoms with E-state index in [9.17, 15) is 0 Å². The van der Waals surface area contributed by atoms with Crippen molar-refractivity contribution in [3.8, 4) is 0 Å². The fraction of sp³-hybridized carbons (Fsp3) is 0.222. The lowest BCUT2D eigenvalue weighted by Crippen LogP contribution is -2.45. The van der Waals surface area contributed by atoms with Crippen LogP contribution in [0, 0.1) is 5.41 Å². The standard InChI is InChI=1S/C9H13N5S/c1-12-9(15)14(8(10)11)6-7-4-2-3-5-13-7/h2-5H,6H2,1H3,(H3,10,11)(H,12,15). The number of nitrogens with zero attached hydrogens (tertiary/aromatic N) is 2. The summed E-state index contributed by atoms with van der Waals surface area (Å²) in [6.45, 7) is 0.399. The molecule has 15 heavy (non-hydrogen) atoms. The van der Waals surface area contributed by atoms with E-state index in [1.165, 1.54) is 4.90 Å². The van der Waals surface area contributed by atoms with Gasteiger partial charge in [0.05, 0.1) is 12.2 Å². The third-order valence-corrected chi connectivity index (χ3v) is 2.22. The second kappa shape index (κ2) is 5.26. The fourth-order valence-electron chi connectivity index (χ4n) is 1.05. The Balaban J connectivity index is 2.76. The predicted octanol–water partition coefficient (Wildman–Crippen LogP) is 0.281. The first-order valence-electron chi connectivity index (χ1n) is 4.38. The van der Waals surface area contributed by atoms with Crippen LogP contribution < -0.4 is 11.1 Å². The number of pyridine rings is 1. The summed E-state index contributed by atoms with van der Waals surface area (Å²) >= 11 is 5.02. The Bertz CT molecular complexity index is 351. The van der Waals surface area contributed by atoms with Crippen molar-refractivity contribution in [3.05, 3.63) is 30.1 Å². The second-order valence-electron chi connectivity index (χ2n) is 2.85. The van der Waals surface area contributed by atoms with Crippen LogP contribution in [0.5, 0.6) is 0 Å². The van der Waals surface area contributed by atoms with Crippen LogP contribution in [0.1, 0.15) is 5.69 Å². The van der Waals surface area contributed by atoms with E-state index < -0.39 is 0 Å². The molecule has 0 aliphatic heterocycles. The maximum Gasteiger partial charge on any atom is 0.195 e. The Kier molecular flexibility index (Phi) is 3.99. The van der Waals surface area contributed by atoms with E-state index in [1.54, 1.807) is 13.2 Å². The summed E-state index contributed by atoms with van der Waals surface area (Å²) in [5.41, 5.74) is 6.23. The summed E-state index contributed by atoms with van der Waals surface area (Å²) in [7, 11) is 1.69. The molecule has 0 aliphatic rings. The van der Waals surface area contributed by atoms with Crippen LogP contribution >= 0.6 is 12.2 Å². The molecule has 0 spiro atoms. The van der Waals surface area contributed by atoms with Crippen LogP contribution in [0.4, 0.5) is 0 Å². The van der Waals surface area contributed by atoms with Gasteiger partial charge in [0.2, 0.25) is 0 Å². The van der Waals surface area contributed by atoms with Crippen LogP contribution in [-0.2, 0) is 6.54 Å². The molecule has 0 unspecified atom stereocenters. The number of hydrogen-bond donors (Lipinski definition) is 3. The highest BCUT2D eigenvalue weighted by atomic mass is 32.1. The highest BCUT2D eigenvalue weighted by Gasteiger charge is 2.11. The number of thiocarbonyl (C=S) groups is 1. The quantitative estimate of drug-likeness (QED) is 0.381. The molecule has 0 saturated carbocycles. The van der Waals surface area contributed by atoms with Crippen molar-refractivity contribution in [3.63, 3.8) is 0 Å². The van der Waals surface area contributed by atoms with Crippen LogP contribution in [0.3, 0.4) is 0 Å². The van der Waals surface area contributed by atoms with Gasteiger partial charge in [-0.25, -0.2) is 0 Å². The topological polar surface area (TPSA) is 78.0 Å². The molecule has 6 heteroatoms. The average molecular weight is 223 g/mol. The molecule has 1 aromatic heterocycles. The number of nitrogens with two attached hydrogens (primary N) is 1. The zero-order valence-electron chi connectivity index (χ0n) is 8.40. The van der Waals surface area contributed by atoms with Gasteiger partial charge in [0.25, 0.3) is 0 Å². The van der Waals surface area contributed by atoms with Crippen LogP contribution in [0.2, 0.25) is 0 Å². The van der Waals surface area contributed by atoms with E-state index in [4.69, 9.17) is 23.4 Å². The smallest absolute Gasteiger partial charge is 0.195 e. The monoisotopic (exact) mass is 223 g/mol. The third kappa shape index (κ3) is 3.17. The van der Waals surface area contributed by atoms with Crippen LogP contribution in [0.25, 0.3) is 0 Å². The summed E-state index contributed by atoms with van der Waals surface area (Å²) in [6, 6.07) is 5.56. The third-order valence-electron chi connectivity index (χ3n) is 1.80. The molecule has 1 heterocycles. The summed E-state index contributed by atoms with van der Waals surface area (Å²) in [5, 5.41) is 10.6. The molecular weight excluding hydrogens is 210 g/mol. The highest BCUT2D eigenvalue weighted by molar-refractivity contribution is 7.80. The van der Waals surface area contributed by atoms with E-state index in [0.29, 0.717) is 11.7 Å². The van der Waals surface area contributed by atoms with Gasteiger partial charge < -0.3 is 11.1 Å². The lowest BCUT2D eigenvalue weighted by molar-refractivity contribution is 0.574. The summed E-state index contributed by atoms with van der Waals surface area (Å²) in [4.78, 5) is 5.61. The van der Waals surface area contributed by atoms with E-state index >= 15 is 0 Å². The molecule has 0 atom stereocenters. The zero-order chi connectivity index (χ0) is 11.3. The van der Waals surface area contributed by atoms with Gasteiger partial charge in [-0.2, -0.15) is 0 Å². The van der Waals surface area contributed by atoms with E-state index in [0.717, 1.165) is 5.69 Å². The van der Waals surface area contributed by atoms with Gasteiger partial charge in [0.1, 0.15) is 0 Å². The van der Waals surface area contributed by atoms with Gasteiger partial charge in [0.15, 0.2) is 11.1 Å². The van der Waals surface area contributed by atoms with Gasteiger partial charge >= 0.3 is 0 Å². The summed E-state index contributed by atoms with van der Waals surface area (Å²) in [6.07, 6.45) is 1.69. The van der Waals surface area contributed by atoms with E-state index in [2.05, 4.69) is 10.3 Å². The Morgan fingerprint density at radius 1 is 1.67 bits per heavy atom. The van der Waals surface area contributed by atoms with Crippen LogP contribution in [0.15, 0.2) is 24.4 Å². The van der Waals surface area contributed by atoms with Crippen molar-refractivity contribution in [2.24, 2.45) is 5.73 Å². The van der Waals surface area contributed by atoms with Crippen LogP contribution in [-0.4, -0.2) is 28.0 Å². The number of aromatic nitrogens is 1. The maximum atomic E-state index is 7.38. The molecule has 1 rings (SSSR count). The summed E-state index contributed by atoms with van der Waals surface area (Å²) < 4.78 is 0. The largest absolute Gasteiger partial charge is 0.370 e. The maximum absolute atomic E-state index is 7.38. The molecular formula is C9H13N5S. The van der Waals surface area contributed by atoms with Crippen molar-refractivity contribution in [1.29, 1.82) is 5.41 Å². The number of rotatable bonds is 2. The summed E-state index contributed by atoms with van der Waals surface area (Å²) in [5.74, 6) is -0.0972. The zero-order valence-corrected chi connectivity index (χ0v) is 9.21. The fourth-order valence-corrected chi connectivity index (χ4v) is 1.22. The lowest BCUT2D eigenvalue weighted by atomic mass is 10.3. The van der Waals surface area contributed by atoms with Gasteiger partial charge in [-0.05, 0) is 24.4 Å². The molecule has 80 valence electrons. The number of hydrogen-bond acceptors (Lipinski definition) is 3. The Morgan fingerprint density at radius 3 is 2.87 bits per heavy atom. The SMILES string of the molecule is CNC(=S)N(Cc1ccccn1)C(=N)N. The minimum atomic E-state index is -0.0972. The first kappa shape index (κ1) is 11.4. The Morgan fingerprint density at radius 2 is 2.40 bits per heavy atom. The first-order valence-corrected chi connectivity index (χ1v) is 4.79. The molecule has 5 nitrogen and oxygen atoms in total. The average Bonchev–Trinajstić information content (AvgIpc) is 2.26. The Labute approximate surface area is 93.8 Å². The molecule has 0 aliphatic carbocycles. The molecule has 4 N–H and O–H groups in total. The van der Waals surface area contributed by atoms with Gasteiger partial charge in [0, 0.05) is 13.2 Å². The van der Waals surface area contributed by atoms with Crippen molar-refractivity contribution in [2.45, 2.75) is 6.54 Å². The molecule has 0 fully saturated rings. The molecule has 0 amide bonds. The molecule has 1 aromatic rings. The van der Waals surface area contributed by atoms with E-state index in [1.807, 2.05) is 18.2 Å². The van der Waals surface area contributed by atoms with Gasteiger partial charge in [-0.15, -0.1) is 0 Å². The van der Waals surface area contributed by atoms with Gasteiger partial charge in [-0.3, -0.25) is 15.3 Å². The van der Waals surface area contributed by atoms with Gasteiger partial charge in [-0.1, -0.05) is 6.07 Å². The molecule has 0 aromatic carbocycles. The highest BCUT2D eigenvalue weighted by Crippen LogP contribution is 2.00.